The van der Waals surface area contributed by atoms with E-state index < -0.39 is 0 Å². The van der Waals surface area contributed by atoms with Crippen LogP contribution in [0.1, 0.15) is 5.82 Å². The molecule has 0 unspecified atom stereocenters. The average molecular weight is 178 g/mol. The van der Waals surface area contributed by atoms with E-state index in [4.69, 9.17) is 0 Å². The first kappa shape index (κ1) is 8.59. The van der Waals surface area contributed by atoms with Crippen molar-refractivity contribution in [1.82, 2.24) is 20.2 Å². The van der Waals surface area contributed by atoms with Gasteiger partial charge in [0, 0.05) is 31.5 Å². The molecule has 4 nitrogen and oxygen atoms in total. The summed E-state index contributed by atoms with van der Waals surface area (Å²) < 4.78 is 0. The van der Waals surface area contributed by atoms with Crippen molar-refractivity contribution in [2.24, 2.45) is 0 Å². The molecule has 0 amide bonds. The second kappa shape index (κ2) is 3.81. The standard InChI is InChI=1S/C9H14N4/c1-13-6-8(7-13)12-5-9-10-3-2-4-11-9/h2-4,8,12H,5-7H2,1H3. The van der Waals surface area contributed by atoms with Gasteiger partial charge in [0.1, 0.15) is 5.82 Å². The Morgan fingerprint density at radius 3 is 2.77 bits per heavy atom. The first-order valence-corrected chi connectivity index (χ1v) is 4.52. The highest BCUT2D eigenvalue weighted by Gasteiger charge is 2.22. The van der Waals surface area contributed by atoms with Crippen LogP contribution in [0.3, 0.4) is 0 Å². The molecule has 1 aliphatic heterocycles. The Morgan fingerprint density at radius 1 is 1.46 bits per heavy atom. The predicted molar refractivity (Wildman–Crippen MR) is 50.2 cm³/mol. The minimum Gasteiger partial charge on any atom is -0.304 e. The lowest BCUT2D eigenvalue weighted by molar-refractivity contribution is 0.160. The zero-order valence-corrected chi connectivity index (χ0v) is 7.77. The molecular weight excluding hydrogens is 164 g/mol. The van der Waals surface area contributed by atoms with E-state index in [1.165, 1.54) is 0 Å². The molecule has 1 fully saturated rings. The fraction of sp³-hybridized carbons (Fsp3) is 0.556. The molecule has 0 aliphatic carbocycles. The first-order chi connectivity index (χ1) is 6.34. The molecule has 4 heteroatoms. The van der Waals surface area contributed by atoms with Crippen molar-refractivity contribution in [3.05, 3.63) is 24.3 Å². The van der Waals surface area contributed by atoms with Gasteiger partial charge in [-0.15, -0.1) is 0 Å². The highest BCUT2D eigenvalue weighted by Crippen LogP contribution is 2.03. The topological polar surface area (TPSA) is 41.0 Å². The van der Waals surface area contributed by atoms with Crippen LogP contribution in [0.15, 0.2) is 18.5 Å². The van der Waals surface area contributed by atoms with Crippen molar-refractivity contribution in [2.45, 2.75) is 12.6 Å². The minimum atomic E-state index is 0.619. The lowest BCUT2D eigenvalue weighted by Crippen LogP contribution is -2.55. The van der Waals surface area contributed by atoms with Crippen molar-refractivity contribution in [3.63, 3.8) is 0 Å². The molecule has 1 N–H and O–H groups in total. The van der Waals surface area contributed by atoms with Crippen molar-refractivity contribution in [2.75, 3.05) is 20.1 Å². The van der Waals surface area contributed by atoms with E-state index in [1.807, 2.05) is 6.07 Å². The number of likely N-dealkylation sites (N-methyl/N-ethyl adjacent to an activating group) is 1. The van der Waals surface area contributed by atoms with Crippen LogP contribution in [0.5, 0.6) is 0 Å². The van der Waals surface area contributed by atoms with Crippen LogP contribution in [0, 0.1) is 0 Å². The van der Waals surface area contributed by atoms with Gasteiger partial charge in [-0.25, -0.2) is 9.97 Å². The molecule has 1 aromatic rings. The highest BCUT2D eigenvalue weighted by atomic mass is 15.2. The highest BCUT2D eigenvalue weighted by molar-refractivity contribution is 4.90. The van der Waals surface area contributed by atoms with Gasteiger partial charge in [-0.2, -0.15) is 0 Å². The van der Waals surface area contributed by atoms with E-state index in [2.05, 4.69) is 27.2 Å². The minimum absolute atomic E-state index is 0.619. The van der Waals surface area contributed by atoms with Crippen LogP contribution in [0.25, 0.3) is 0 Å². The molecule has 1 aromatic heterocycles. The molecule has 0 aromatic carbocycles. The van der Waals surface area contributed by atoms with Gasteiger partial charge in [-0.05, 0) is 13.1 Å². The molecule has 2 heterocycles. The van der Waals surface area contributed by atoms with Crippen LogP contribution in [0.4, 0.5) is 0 Å². The largest absolute Gasteiger partial charge is 0.304 e. The summed E-state index contributed by atoms with van der Waals surface area (Å²) in [5.74, 6) is 0.872. The van der Waals surface area contributed by atoms with Crippen molar-refractivity contribution in [1.29, 1.82) is 0 Å². The number of rotatable bonds is 3. The fourth-order valence-corrected chi connectivity index (χ4v) is 1.48. The SMILES string of the molecule is CN1CC(NCc2ncccn2)C1. The van der Waals surface area contributed by atoms with E-state index in [0.717, 1.165) is 25.5 Å². The van der Waals surface area contributed by atoms with E-state index in [9.17, 15) is 0 Å². The molecular formula is C9H14N4. The van der Waals surface area contributed by atoms with E-state index in [0.29, 0.717) is 6.04 Å². The molecule has 0 atom stereocenters. The summed E-state index contributed by atoms with van der Waals surface area (Å²) in [5, 5.41) is 3.40. The zero-order chi connectivity index (χ0) is 9.10. The third-order valence-corrected chi connectivity index (χ3v) is 2.23. The summed E-state index contributed by atoms with van der Waals surface area (Å²) in [6.45, 7) is 3.04. The maximum atomic E-state index is 4.14. The lowest BCUT2D eigenvalue weighted by Gasteiger charge is -2.36. The number of aromatic nitrogens is 2. The number of likely N-dealkylation sites (tertiary alicyclic amines) is 1. The van der Waals surface area contributed by atoms with E-state index in [1.54, 1.807) is 12.4 Å². The normalized spacial score (nSPS) is 18.5. The quantitative estimate of drug-likeness (QED) is 0.700. The molecule has 0 saturated carbocycles. The summed E-state index contributed by atoms with van der Waals surface area (Å²) in [7, 11) is 2.12. The van der Waals surface area contributed by atoms with E-state index >= 15 is 0 Å². The van der Waals surface area contributed by atoms with Crippen molar-refractivity contribution in [3.8, 4) is 0 Å². The molecule has 0 bridgehead atoms. The Kier molecular flexibility index (Phi) is 2.52. The van der Waals surface area contributed by atoms with Gasteiger partial charge >= 0.3 is 0 Å². The maximum absolute atomic E-state index is 4.14. The number of nitrogens with zero attached hydrogens (tertiary/aromatic N) is 3. The fourth-order valence-electron chi connectivity index (χ4n) is 1.48. The molecule has 13 heavy (non-hydrogen) atoms. The first-order valence-electron chi connectivity index (χ1n) is 4.52. The third kappa shape index (κ3) is 2.23. The Labute approximate surface area is 78.0 Å². The summed E-state index contributed by atoms with van der Waals surface area (Å²) in [4.78, 5) is 10.6. The second-order valence-corrected chi connectivity index (χ2v) is 3.46. The summed E-state index contributed by atoms with van der Waals surface area (Å²) >= 11 is 0. The molecule has 0 spiro atoms. The predicted octanol–water partition coefficient (Wildman–Crippen LogP) is -0.120. The van der Waals surface area contributed by atoms with Gasteiger partial charge < -0.3 is 10.2 Å². The molecule has 0 radical (unpaired) electrons. The van der Waals surface area contributed by atoms with Gasteiger partial charge in [-0.3, -0.25) is 0 Å². The molecule has 1 saturated heterocycles. The molecule has 1 aliphatic rings. The Hall–Kier alpha value is -1.00. The van der Waals surface area contributed by atoms with Crippen LogP contribution < -0.4 is 5.32 Å². The third-order valence-electron chi connectivity index (χ3n) is 2.23. The Bertz CT molecular complexity index is 256. The van der Waals surface area contributed by atoms with Crippen LogP contribution in [0.2, 0.25) is 0 Å². The van der Waals surface area contributed by atoms with Gasteiger partial charge in [0.05, 0.1) is 6.54 Å². The van der Waals surface area contributed by atoms with E-state index in [-0.39, 0.29) is 0 Å². The van der Waals surface area contributed by atoms with Crippen molar-refractivity contribution < 1.29 is 0 Å². The smallest absolute Gasteiger partial charge is 0.141 e. The maximum Gasteiger partial charge on any atom is 0.141 e. The number of hydrogen-bond donors (Lipinski definition) is 1. The van der Waals surface area contributed by atoms with Gasteiger partial charge in [0.15, 0.2) is 0 Å². The number of hydrogen-bond acceptors (Lipinski definition) is 4. The summed E-state index contributed by atoms with van der Waals surface area (Å²) in [6, 6.07) is 2.45. The van der Waals surface area contributed by atoms with Gasteiger partial charge in [0.25, 0.3) is 0 Å². The molecule has 70 valence electrons. The van der Waals surface area contributed by atoms with Crippen molar-refractivity contribution >= 4 is 0 Å². The Morgan fingerprint density at radius 2 is 2.15 bits per heavy atom. The van der Waals surface area contributed by atoms with Crippen LogP contribution in [-0.4, -0.2) is 41.0 Å². The zero-order valence-electron chi connectivity index (χ0n) is 7.77. The summed E-state index contributed by atoms with van der Waals surface area (Å²) in [5.41, 5.74) is 0. The van der Waals surface area contributed by atoms with Gasteiger partial charge in [-0.1, -0.05) is 0 Å². The molecule has 2 rings (SSSR count). The lowest BCUT2D eigenvalue weighted by atomic mass is 10.1. The Balaban J connectivity index is 1.74. The second-order valence-electron chi connectivity index (χ2n) is 3.46. The summed E-state index contributed by atoms with van der Waals surface area (Å²) in [6.07, 6.45) is 3.55. The van der Waals surface area contributed by atoms with Crippen LogP contribution >= 0.6 is 0 Å². The average Bonchev–Trinajstić information content (AvgIpc) is 2.12. The van der Waals surface area contributed by atoms with Gasteiger partial charge in [0.2, 0.25) is 0 Å². The number of nitrogens with one attached hydrogen (secondary N) is 1. The van der Waals surface area contributed by atoms with Crippen LogP contribution in [-0.2, 0) is 6.54 Å². The monoisotopic (exact) mass is 178 g/mol.